The minimum atomic E-state index is -4.46. The van der Waals surface area contributed by atoms with Gasteiger partial charge in [0.15, 0.2) is 0 Å². The van der Waals surface area contributed by atoms with E-state index < -0.39 is 12.0 Å². The minimum Gasteiger partial charge on any atom is -0.358 e. The van der Waals surface area contributed by atoms with Crippen LogP contribution in [0.25, 0.3) is 0 Å². The number of anilines is 1. The molecule has 1 aromatic rings. The average molecular weight is 271 g/mol. The summed E-state index contributed by atoms with van der Waals surface area (Å²) in [7, 11) is 0. The second kappa shape index (κ2) is 5.72. The number of halogens is 3. The SMILES string of the molecule is CSCCC(C)Nc1nc(C(F)(F)F)ns1. The van der Waals surface area contributed by atoms with E-state index in [1.165, 1.54) is 0 Å². The number of nitrogens with zero attached hydrogens (tertiary/aromatic N) is 2. The van der Waals surface area contributed by atoms with Gasteiger partial charge < -0.3 is 5.32 Å². The number of hydrogen-bond donors (Lipinski definition) is 1. The maximum atomic E-state index is 12.2. The fourth-order valence-corrected chi connectivity index (χ4v) is 2.26. The normalized spacial score (nSPS) is 13.8. The van der Waals surface area contributed by atoms with Crippen molar-refractivity contribution in [1.29, 1.82) is 0 Å². The molecule has 0 aliphatic heterocycles. The summed E-state index contributed by atoms with van der Waals surface area (Å²) in [5, 5.41) is 3.12. The van der Waals surface area contributed by atoms with Crippen molar-refractivity contribution in [3.05, 3.63) is 5.82 Å². The van der Waals surface area contributed by atoms with Gasteiger partial charge in [-0.05, 0) is 25.4 Å². The molecule has 1 atom stereocenters. The van der Waals surface area contributed by atoms with E-state index in [1.807, 2.05) is 13.2 Å². The van der Waals surface area contributed by atoms with Crippen LogP contribution in [-0.4, -0.2) is 27.4 Å². The van der Waals surface area contributed by atoms with E-state index in [1.54, 1.807) is 11.8 Å². The van der Waals surface area contributed by atoms with Crippen LogP contribution >= 0.6 is 23.3 Å². The van der Waals surface area contributed by atoms with Crippen LogP contribution in [0.4, 0.5) is 18.3 Å². The third-order valence-corrected chi connectivity index (χ3v) is 3.09. The molecule has 1 heterocycles. The van der Waals surface area contributed by atoms with Gasteiger partial charge in [0.05, 0.1) is 0 Å². The van der Waals surface area contributed by atoms with Gasteiger partial charge in [0.25, 0.3) is 0 Å². The van der Waals surface area contributed by atoms with Gasteiger partial charge in [-0.2, -0.15) is 34.3 Å². The lowest BCUT2D eigenvalue weighted by Gasteiger charge is -2.10. The summed E-state index contributed by atoms with van der Waals surface area (Å²) in [4.78, 5) is 3.39. The lowest BCUT2D eigenvalue weighted by atomic mass is 10.3. The van der Waals surface area contributed by atoms with Gasteiger partial charge in [-0.25, -0.2) is 0 Å². The zero-order valence-corrected chi connectivity index (χ0v) is 10.5. The Kier molecular flexibility index (Phi) is 4.85. The zero-order chi connectivity index (χ0) is 12.2. The molecular formula is C8H12F3N3S2. The number of nitrogens with one attached hydrogen (secondary N) is 1. The topological polar surface area (TPSA) is 37.8 Å². The zero-order valence-electron chi connectivity index (χ0n) is 8.84. The van der Waals surface area contributed by atoms with Crippen molar-refractivity contribution in [3.8, 4) is 0 Å². The number of rotatable bonds is 5. The van der Waals surface area contributed by atoms with Gasteiger partial charge in [0.2, 0.25) is 11.0 Å². The van der Waals surface area contributed by atoms with E-state index in [4.69, 9.17) is 0 Å². The molecule has 1 aromatic heterocycles. The monoisotopic (exact) mass is 271 g/mol. The predicted octanol–water partition coefficient (Wildman–Crippen LogP) is 3.11. The van der Waals surface area contributed by atoms with Crippen molar-refractivity contribution in [1.82, 2.24) is 9.36 Å². The lowest BCUT2D eigenvalue weighted by molar-refractivity contribution is -0.144. The first-order valence-corrected chi connectivity index (χ1v) is 6.76. The van der Waals surface area contributed by atoms with E-state index in [9.17, 15) is 13.2 Å². The van der Waals surface area contributed by atoms with Crippen molar-refractivity contribution in [2.45, 2.75) is 25.6 Å². The molecule has 0 radical (unpaired) electrons. The second-order valence-electron chi connectivity index (χ2n) is 3.25. The van der Waals surface area contributed by atoms with E-state index in [0.717, 1.165) is 23.7 Å². The Morgan fingerprint density at radius 3 is 2.69 bits per heavy atom. The van der Waals surface area contributed by atoms with E-state index in [-0.39, 0.29) is 11.2 Å². The summed E-state index contributed by atoms with van der Waals surface area (Å²) in [6, 6.07) is 0.0986. The largest absolute Gasteiger partial charge is 0.452 e. The first-order valence-electron chi connectivity index (χ1n) is 4.60. The number of thioether (sulfide) groups is 1. The van der Waals surface area contributed by atoms with Crippen LogP contribution in [-0.2, 0) is 6.18 Å². The second-order valence-corrected chi connectivity index (χ2v) is 4.99. The molecular weight excluding hydrogens is 259 g/mol. The van der Waals surface area contributed by atoms with Crippen LogP contribution in [0.2, 0.25) is 0 Å². The van der Waals surface area contributed by atoms with Gasteiger partial charge in [0, 0.05) is 17.6 Å². The third-order valence-electron chi connectivity index (χ3n) is 1.80. The molecule has 92 valence electrons. The molecule has 0 bridgehead atoms. The Labute approximate surface area is 100 Å². The minimum absolute atomic E-state index is 0.0986. The average Bonchev–Trinajstić information content (AvgIpc) is 2.62. The molecule has 0 amide bonds. The van der Waals surface area contributed by atoms with Gasteiger partial charge in [-0.15, -0.1) is 0 Å². The van der Waals surface area contributed by atoms with Crippen molar-refractivity contribution in [2.24, 2.45) is 0 Å². The van der Waals surface area contributed by atoms with E-state index in [0.29, 0.717) is 0 Å². The Hall–Kier alpha value is -0.500. The molecule has 1 N–H and O–H groups in total. The van der Waals surface area contributed by atoms with Crippen LogP contribution in [0.1, 0.15) is 19.2 Å². The highest BCUT2D eigenvalue weighted by Gasteiger charge is 2.36. The number of alkyl halides is 3. The predicted molar refractivity (Wildman–Crippen MR) is 61.0 cm³/mol. The van der Waals surface area contributed by atoms with Gasteiger partial charge >= 0.3 is 6.18 Å². The summed E-state index contributed by atoms with van der Waals surface area (Å²) < 4.78 is 39.8. The maximum Gasteiger partial charge on any atom is 0.452 e. The fraction of sp³-hybridized carbons (Fsp3) is 0.750. The van der Waals surface area contributed by atoms with Crippen molar-refractivity contribution in [2.75, 3.05) is 17.3 Å². The lowest BCUT2D eigenvalue weighted by Crippen LogP contribution is -2.16. The molecule has 1 unspecified atom stereocenters. The first kappa shape index (κ1) is 13.6. The molecule has 0 aliphatic rings. The highest BCUT2D eigenvalue weighted by molar-refractivity contribution is 7.98. The Bertz CT molecular complexity index is 327. The van der Waals surface area contributed by atoms with Gasteiger partial charge in [-0.1, -0.05) is 0 Å². The fourth-order valence-electron chi connectivity index (χ4n) is 0.975. The van der Waals surface area contributed by atoms with Crippen LogP contribution in [0.15, 0.2) is 0 Å². The molecule has 0 aromatic carbocycles. The first-order chi connectivity index (χ1) is 7.43. The van der Waals surface area contributed by atoms with Crippen LogP contribution in [0, 0.1) is 0 Å². The van der Waals surface area contributed by atoms with Crippen LogP contribution in [0.5, 0.6) is 0 Å². The highest BCUT2D eigenvalue weighted by Crippen LogP contribution is 2.29. The van der Waals surface area contributed by atoms with Crippen LogP contribution in [0.3, 0.4) is 0 Å². The van der Waals surface area contributed by atoms with Crippen molar-refractivity contribution in [3.63, 3.8) is 0 Å². The van der Waals surface area contributed by atoms with Gasteiger partial charge in [-0.3, -0.25) is 0 Å². The smallest absolute Gasteiger partial charge is 0.358 e. The molecule has 0 fully saturated rings. The summed E-state index contributed by atoms with van der Waals surface area (Å²) in [5.41, 5.74) is 0. The van der Waals surface area contributed by atoms with Crippen molar-refractivity contribution >= 4 is 28.4 Å². The summed E-state index contributed by atoms with van der Waals surface area (Å²) in [6.45, 7) is 1.91. The molecule has 0 saturated carbocycles. The summed E-state index contributed by atoms with van der Waals surface area (Å²) in [6.07, 6.45) is -1.60. The van der Waals surface area contributed by atoms with E-state index in [2.05, 4.69) is 14.7 Å². The molecule has 8 heteroatoms. The van der Waals surface area contributed by atoms with Crippen molar-refractivity contribution < 1.29 is 13.2 Å². The highest BCUT2D eigenvalue weighted by atomic mass is 32.2. The quantitative estimate of drug-likeness (QED) is 0.893. The third kappa shape index (κ3) is 4.17. The van der Waals surface area contributed by atoms with Crippen LogP contribution < -0.4 is 5.32 Å². The Morgan fingerprint density at radius 1 is 1.50 bits per heavy atom. The molecule has 0 saturated heterocycles. The maximum absolute atomic E-state index is 12.2. The summed E-state index contributed by atoms with van der Waals surface area (Å²) in [5.74, 6) is -0.115. The number of hydrogen-bond acceptors (Lipinski definition) is 5. The molecule has 16 heavy (non-hydrogen) atoms. The molecule has 0 spiro atoms. The Morgan fingerprint density at radius 2 is 2.19 bits per heavy atom. The molecule has 1 rings (SSSR count). The van der Waals surface area contributed by atoms with Gasteiger partial charge in [0.1, 0.15) is 0 Å². The molecule has 0 aliphatic carbocycles. The standard InChI is InChI=1S/C8H12F3N3S2/c1-5(3-4-15-2)12-7-13-6(14-16-7)8(9,10)11/h5H,3-4H2,1-2H3,(H,12,13,14). The Balaban J connectivity index is 2.52. The number of aromatic nitrogens is 2. The summed E-state index contributed by atoms with van der Waals surface area (Å²) >= 11 is 2.44. The molecule has 3 nitrogen and oxygen atoms in total. The van der Waals surface area contributed by atoms with E-state index >= 15 is 0 Å².